The number of ether oxygens (including phenoxy) is 2. The summed E-state index contributed by atoms with van der Waals surface area (Å²) < 4.78 is 11.2. The fourth-order valence-corrected chi connectivity index (χ4v) is 2.92. The van der Waals surface area contributed by atoms with E-state index >= 15 is 0 Å². The van der Waals surface area contributed by atoms with E-state index in [-0.39, 0.29) is 5.41 Å². The van der Waals surface area contributed by atoms with Gasteiger partial charge in [-0.15, -0.1) is 0 Å². The quantitative estimate of drug-likeness (QED) is 0.805. The lowest BCUT2D eigenvalue weighted by atomic mass is 9.81. The Kier molecular flexibility index (Phi) is 5.39. The van der Waals surface area contributed by atoms with Gasteiger partial charge in [-0.1, -0.05) is 39.3 Å². The van der Waals surface area contributed by atoms with Crippen LogP contribution in [0.4, 0.5) is 0 Å². The molecule has 3 nitrogen and oxygen atoms in total. The molecule has 0 radical (unpaired) electrons. The molecule has 0 aliphatic carbocycles. The van der Waals surface area contributed by atoms with Gasteiger partial charge in [0, 0.05) is 11.1 Å². The molecule has 0 saturated carbocycles. The van der Waals surface area contributed by atoms with Gasteiger partial charge in [-0.2, -0.15) is 0 Å². The first kappa shape index (κ1) is 16.4. The molecule has 0 unspecified atom stereocenters. The first-order valence-corrected chi connectivity index (χ1v) is 8.08. The second-order valence-electron chi connectivity index (χ2n) is 6.71. The van der Waals surface area contributed by atoms with Crippen LogP contribution in [0.1, 0.15) is 39.7 Å². The van der Waals surface area contributed by atoms with Crippen LogP contribution in [-0.2, 0) is 5.41 Å². The Balaban J connectivity index is 2.08. The van der Waals surface area contributed by atoms with E-state index in [9.17, 15) is 0 Å². The van der Waals surface area contributed by atoms with Crippen molar-refractivity contribution in [3.05, 3.63) is 22.7 Å². The highest BCUT2D eigenvalue weighted by atomic mass is 35.5. The van der Waals surface area contributed by atoms with Crippen LogP contribution >= 0.6 is 11.6 Å². The summed E-state index contributed by atoms with van der Waals surface area (Å²) in [6, 6.07) is 3.92. The zero-order valence-corrected chi connectivity index (χ0v) is 14.2. The van der Waals surface area contributed by atoms with Gasteiger partial charge >= 0.3 is 0 Å². The Morgan fingerprint density at radius 1 is 1.19 bits per heavy atom. The Morgan fingerprint density at radius 2 is 1.81 bits per heavy atom. The van der Waals surface area contributed by atoms with Crippen LogP contribution < -0.4 is 14.8 Å². The molecular formula is C17H26ClNO2. The monoisotopic (exact) mass is 311 g/mol. The maximum absolute atomic E-state index is 6.45. The fourth-order valence-electron chi connectivity index (χ4n) is 2.51. The topological polar surface area (TPSA) is 30.5 Å². The number of benzene rings is 1. The smallest absolute Gasteiger partial charge is 0.162 e. The SMILES string of the molecule is CC(C)CNCCC(C)(C)c1cc2c(cc1Cl)OCCO2. The van der Waals surface area contributed by atoms with Gasteiger partial charge < -0.3 is 14.8 Å². The molecule has 0 atom stereocenters. The third kappa shape index (κ3) is 4.27. The van der Waals surface area contributed by atoms with E-state index in [1.54, 1.807) is 0 Å². The molecule has 2 rings (SSSR count). The van der Waals surface area contributed by atoms with Gasteiger partial charge in [-0.3, -0.25) is 0 Å². The molecule has 0 bridgehead atoms. The molecule has 0 saturated heterocycles. The van der Waals surface area contributed by atoms with E-state index < -0.39 is 0 Å². The van der Waals surface area contributed by atoms with Crippen LogP contribution in [0.5, 0.6) is 11.5 Å². The van der Waals surface area contributed by atoms with Crippen molar-refractivity contribution in [2.24, 2.45) is 5.92 Å². The maximum atomic E-state index is 6.45. The average molecular weight is 312 g/mol. The van der Waals surface area contributed by atoms with Crippen molar-refractivity contribution in [3.63, 3.8) is 0 Å². The lowest BCUT2D eigenvalue weighted by Gasteiger charge is -2.29. The van der Waals surface area contributed by atoms with Crippen molar-refractivity contribution in [1.29, 1.82) is 0 Å². The van der Waals surface area contributed by atoms with E-state index in [2.05, 4.69) is 33.0 Å². The summed E-state index contributed by atoms with van der Waals surface area (Å²) in [5.41, 5.74) is 1.12. The second-order valence-corrected chi connectivity index (χ2v) is 7.11. The molecule has 1 N–H and O–H groups in total. The average Bonchev–Trinajstić information content (AvgIpc) is 2.42. The highest BCUT2D eigenvalue weighted by molar-refractivity contribution is 6.31. The van der Waals surface area contributed by atoms with Gasteiger partial charge in [0.15, 0.2) is 11.5 Å². The summed E-state index contributed by atoms with van der Waals surface area (Å²) in [7, 11) is 0. The molecule has 1 aliphatic rings. The number of rotatable bonds is 6. The van der Waals surface area contributed by atoms with Crippen LogP contribution in [0.3, 0.4) is 0 Å². The number of hydrogen-bond acceptors (Lipinski definition) is 3. The van der Waals surface area contributed by atoms with Crippen molar-refractivity contribution < 1.29 is 9.47 Å². The highest BCUT2D eigenvalue weighted by Gasteiger charge is 2.26. The summed E-state index contributed by atoms with van der Waals surface area (Å²) in [4.78, 5) is 0. The molecule has 0 aromatic heterocycles. The third-order valence-electron chi connectivity index (χ3n) is 3.84. The Morgan fingerprint density at radius 3 is 2.43 bits per heavy atom. The van der Waals surface area contributed by atoms with Crippen LogP contribution in [0, 0.1) is 5.92 Å². The number of fused-ring (bicyclic) bond motifs is 1. The lowest BCUT2D eigenvalue weighted by Crippen LogP contribution is -2.28. The van der Waals surface area contributed by atoms with E-state index in [1.807, 2.05) is 12.1 Å². The highest BCUT2D eigenvalue weighted by Crippen LogP contribution is 2.41. The first-order chi connectivity index (χ1) is 9.90. The fraction of sp³-hybridized carbons (Fsp3) is 0.647. The van der Waals surface area contributed by atoms with Gasteiger partial charge in [0.05, 0.1) is 0 Å². The van der Waals surface area contributed by atoms with Crippen molar-refractivity contribution in [2.45, 2.75) is 39.5 Å². The molecule has 21 heavy (non-hydrogen) atoms. The third-order valence-corrected chi connectivity index (χ3v) is 4.15. The molecule has 1 aromatic rings. The minimum Gasteiger partial charge on any atom is -0.486 e. The summed E-state index contributed by atoms with van der Waals surface area (Å²) in [6.45, 7) is 12.1. The number of nitrogens with one attached hydrogen (secondary N) is 1. The van der Waals surface area contributed by atoms with Crippen molar-refractivity contribution in [2.75, 3.05) is 26.3 Å². The number of halogens is 1. The predicted molar refractivity (Wildman–Crippen MR) is 87.8 cm³/mol. The summed E-state index contributed by atoms with van der Waals surface area (Å²) in [5, 5.41) is 4.25. The molecule has 0 spiro atoms. The maximum Gasteiger partial charge on any atom is 0.162 e. The Hall–Kier alpha value is -0.930. The van der Waals surface area contributed by atoms with Gasteiger partial charge in [0.1, 0.15) is 13.2 Å². The van der Waals surface area contributed by atoms with Crippen LogP contribution in [0.2, 0.25) is 5.02 Å². The molecule has 0 amide bonds. The van der Waals surface area contributed by atoms with Gasteiger partial charge in [0.25, 0.3) is 0 Å². The predicted octanol–water partition coefficient (Wildman–Crippen LogP) is 4.02. The standard InChI is InChI=1S/C17H26ClNO2/c1-12(2)11-19-6-5-17(3,4)13-9-15-16(10-14(13)18)21-8-7-20-15/h9-10,12,19H,5-8,11H2,1-4H3. The van der Waals surface area contributed by atoms with Crippen molar-refractivity contribution >= 4 is 11.6 Å². The second kappa shape index (κ2) is 6.89. The number of hydrogen-bond donors (Lipinski definition) is 1. The van der Waals surface area contributed by atoms with Crippen molar-refractivity contribution in [1.82, 2.24) is 5.32 Å². The zero-order valence-electron chi connectivity index (χ0n) is 13.5. The minimum atomic E-state index is -0.00308. The van der Waals surface area contributed by atoms with E-state index in [0.29, 0.717) is 19.1 Å². The lowest BCUT2D eigenvalue weighted by molar-refractivity contribution is 0.171. The molecule has 4 heteroatoms. The summed E-state index contributed by atoms with van der Waals surface area (Å²) in [6.07, 6.45) is 1.03. The molecule has 118 valence electrons. The molecule has 0 fully saturated rings. The minimum absolute atomic E-state index is 0.00308. The Bertz CT molecular complexity index is 486. The normalized spacial score (nSPS) is 14.6. The molecule has 1 aromatic carbocycles. The van der Waals surface area contributed by atoms with E-state index in [1.165, 1.54) is 0 Å². The molecular weight excluding hydrogens is 286 g/mol. The molecule has 1 aliphatic heterocycles. The zero-order chi connectivity index (χ0) is 15.5. The van der Waals surface area contributed by atoms with Crippen molar-refractivity contribution in [3.8, 4) is 11.5 Å². The summed E-state index contributed by atoms with van der Waals surface area (Å²) >= 11 is 6.45. The van der Waals surface area contributed by atoms with Gasteiger partial charge in [-0.25, -0.2) is 0 Å². The van der Waals surface area contributed by atoms with Gasteiger partial charge in [-0.05, 0) is 42.5 Å². The van der Waals surface area contributed by atoms with Crippen LogP contribution in [0.15, 0.2) is 12.1 Å². The first-order valence-electron chi connectivity index (χ1n) is 7.70. The Labute approximate surface area is 133 Å². The van der Waals surface area contributed by atoms with Gasteiger partial charge in [0.2, 0.25) is 0 Å². The van der Waals surface area contributed by atoms with Crippen LogP contribution in [0.25, 0.3) is 0 Å². The summed E-state index contributed by atoms with van der Waals surface area (Å²) in [5.74, 6) is 2.23. The van der Waals surface area contributed by atoms with E-state index in [4.69, 9.17) is 21.1 Å². The largest absolute Gasteiger partial charge is 0.486 e. The molecule has 1 heterocycles. The van der Waals surface area contributed by atoms with Crippen LogP contribution in [-0.4, -0.2) is 26.3 Å². The van der Waals surface area contributed by atoms with E-state index in [0.717, 1.165) is 41.6 Å².